The predicted octanol–water partition coefficient (Wildman–Crippen LogP) is 3.18. The van der Waals surface area contributed by atoms with Crippen molar-refractivity contribution in [3.8, 4) is 0 Å². The SMILES string of the molecule is CCC1=Cc2cc(F)ccc2C1. The van der Waals surface area contributed by atoms with Crippen LogP contribution in [0.25, 0.3) is 6.08 Å². The van der Waals surface area contributed by atoms with E-state index in [0.717, 1.165) is 18.4 Å². The first kappa shape index (κ1) is 7.53. The lowest BCUT2D eigenvalue weighted by molar-refractivity contribution is 0.627. The molecule has 1 aromatic carbocycles. The standard InChI is InChI=1S/C11H11F/c1-2-8-5-9-3-4-11(12)7-10(9)6-8/h3-4,6-7H,2,5H2,1H3. The number of allylic oxidation sites excluding steroid dienone is 1. The van der Waals surface area contributed by atoms with Gasteiger partial charge in [0.1, 0.15) is 5.82 Å². The Balaban J connectivity index is 2.42. The van der Waals surface area contributed by atoms with E-state index in [9.17, 15) is 4.39 Å². The van der Waals surface area contributed by atoms with Gasteiger partial charge in [0.25, 0.3) is 0 Å². The molecule has 0 aliphatic heterocycles. The molecule has 0 saturated carbocycles. The second kappa shape index (κ2) is 2.74. The Hall–Kier alpha value is -1.11. The van der Waals surface area contributed by atoms with Gasteiger partial charge in [0.2, 0.25) is 0 Å². The second-order valence-electron chi connectivity index (χ2n) is 3.18. The van der Waals surface area contributed by atoms with Gasteiger partial charge in [-0.3, -0.25) is 0 Å². The summed E-state index contributed by atoms with van der Waals surface area (Å²) in [6.07, 6.45) is 4.17. The number of fused-ring (bicyclic) bond motifs is 1. The van der Waals surface area contributed by atoms with Crippen LogP contribution in [-0.4, -0.2) is 0 Å². The van der Waals surface area contributed by atoms with Crippen LogP contribution in [0.4, 0.5) is 4.39 Å². The largest absolute Gasteiger partial charge is 0.207 e. The van der Waals surface area contributed by atoms with Crippen molar-refractivity contribution < 1.29 is 4.39 Å². The first-order valence-electron chi connectivity index (χ1n) is 4.27. The highest BCUT2D eigenvalue weighted by Gasteiger charge is 2.10. The van der Waals surface area contributed by atoms with E-state index in [2.05, 4.69) is 13.0 Å². The third-order valence-corrected chi connectivity index (χ3v) is 2.34. The van der Waals surface area contributed by atoms with Crippen molar-refractivity contribution >= 4 is 6.08 Å². The summed E-state index contributed by atoms with van der Waals surface area (Å²) < 4.78 is 12.8. The fourth-order valence-corrected chi connectivity index (χ4v) is 1.60. The Kier molecular flexibility index (Phi) is 1.72. The van der Waals surface area contributed by atoms with Gasteiger partial charge in [-0.15, -0.1) is 0 Å². The Morgan fingerprint density at radius 1 is 1.42 bits per heavy atom. The third-order valence-electron chi connectivity index (χ3n) is 2.34. The highest BCUT2D eigenvalue weighted by Crippen LogP contribution is 2.26. The summed E-state index contributed by atoms with van der Waals surface area (Å²) in [6, 6.07) is 5.02. The summed E-state index contributed by atoms with van der Waals surface area (Å²) in [7, 11) is 0. The summed E-state index contributed by atoms with van der Waals surface area (Å²) in [4.78, 5) is 0. The first-order valence-corrected chi connectivity index (χ1v) is 4.27. The fraction of sp³-hybridized carbons (Fsp3) is 0.273. The van der Waals surface area contributed by atoms with Gasteiger partial charge in [-0.05, 0) is 36.1 Å². The van der Waals surface area contributed by atoms with Gasteiger partial charge >= 0.3 is 0 Å². The predicted molar refractivity (Wildman–Crippen MR) is 48.4 cm³/mol. The van der Waals surface area contributed by atoms with Gasteiger partial charge < -0.3 is 0 Å². The molecular formula is C11H11F. The van der Waals surface area contributed by atoms with E-state index in [-0.39, 0.29) is 5.82 Å². The van der Waals surface area contributed by atoms with Crippen LogP contribution in [0.2, 0.25) is 0 Å². The molecule has 2 rings (SSSR count). The van der Waals surface area contributed by atoms with Gasteiger partial charge in [-0.1, -0.05) is 24.6 Å². The number of hydrogen-bond acceptors (Lipinski definition) is 0. The minimum absolute atomic E-state index is 0.137. The van der Waals surface area contributed by atoms with Crippen molar-refractivity contribution in [3.05, 3.63) is 40.7 Å². The molecule has 0 fully saturated rings. The molecule has 0 N–H and O–H groups in total. The van der Waals surface area contributed by atoms with Crippen LogP contribution >= 0.6 is 0 Å². The van der Waals surface area contributed by atoms with E-state index in [1.54, 1.807) is 6.07 Å². The highest BCUT2D eigenvalue weighted by molar-refractivity contribution is 5.63. The summed E-state index contributed by atoms with van der Waals surface area (Å²) in [5.74, 6) is -0.137. The molecule has 0 atom stereocenters. The second-order valence-corrected chi connectivity index (χ2v) is 3.18. The van der Waals surface area contributed by atoms with Gasteiger partial charge in [0, 0.05) is 0 Å². The lowest BCUT2D eigenvalue weighted by atomic mass is 10.1. The van der Waals surface area contributed by atoms with E-state index < -0.39 is 0 Å². The average molecular weight is 162 g/mol. The van der Waals surface area contributed by atoms with E-state index in [1.807, 2.05) is 6.07 Å². The van der Waals surface area contributed by atoms with Crippen LogP contribution in [0, 0.1) is 5.82 Å². The molecule has 0 bridgehead atoms. The smallest absolute Gasteiger partial charge is 0.123 e. The number of rotatable bonds is 1. The van der Waals surface area contributed by atoms with Crippen LogP contribution in [0.3, 0.4) is 0 Å². The zero-order valence-corrected chi connectivity index (χ0v) is 7.10. The van der Waals surface area contributed by atoms with Crippen molar-refractivity contribution in [2.75, 3.05) is 0 Å². The Morgan fingerprint density at radius 2 is 2.25 bits per heavy atom. The number of halogens is 1. The lowest BCUT2D eigenvalue weighted by Gasteiger charge is -1.97. The molecule has 0 amide bonds. The molecule has 0 heterocycles. The lowest BCUT2D eigenvalue weighted by Crippen LogP contribution is -1.84. The highest BCUT2D eigenvalue weighted by atomic mass is 19.1. The molecule has 62 valence electrons. The summed E-state index contributed by atoms with van der Waals surface area (Å²) >= 11 is 0. The topological polar surface area (TPSA) is 0 Å². The zero-order valence-electron chi connectivity index (χ0n) is 7.10. The molecule has 0 radical (unpaired) electrons. The molecule has 0 nitrogen and oxygen atoms in total. The van der Waals surface area contributed by atoms with Crippen LogP contribution in [0.15, 0.2) is 23.8 Å². The Labute approximate surface area is 71.7 Å². The van der Waals surface area contributed by atoms with Crippen LogP contribution in [0.5, 0.6) is 0 Å². The minimum atomic E-state index is -0.137. The summed E-state index contributed by atoms with van der Waals surface area (Å²) in [5, 5.41) is 0. The molecule has 1 aromatic rings. The van der Waals surface area contributed by atoms with Crippen molar-refractivity contribution in [1.29, 1.82) is 0 Å². The molecule has 12 heavy (non-hydrogen) atoms. The van der Waals surface area contributed by atoms with E-state index in [1.165, 1.54) is 17.2 Å². The maximum absolute atomic E-state index is 12.8. The molecule has 0 unspecified atom stereocenters. The van der Waals surface area contributed by atoms with Gasteiger partial charge in [0.05, 0.1) is 0 Å². The molecule has 1 aliphatic carbocycles. The fourth-order valence-electron chi connectivity index (χ4n) is 1.60. The van der Waals surface area contributed by atoms with Crippen LogP contribution < -0.4 is 0 Å². The van der Waals surface area contributed by atoms with Crippen LogP contribution in [0.1, 0.15) is 24.5 Å². The normalized spacial score (nSPS) is 14.3. The summed E-state index contributed by atoms with van der Waals surface area (Å²) in [5.41, 5.74) is 3.72. The van der Waals surface area contributed by atoms with Gasteiger partial charge in [-0.2, -0.15) is 0 Å². The Bertz CT molecular complexity index is 337. The van der Waals surface area contributed by atoms with Gasteiger partial charge in [0.15, 0.2) is 0 Å². The molecule has 0 spiro atoms. The first-order chi connectivity index (χ1) is 5.79. The quantitative estimate of drug-likeness (QED) is 0.595. The van der Waals surface area contributed by atoms with E-state index in [4.69, 9.17) is 0 Å². The van der Waals surface area contributed by atoms with Crippen molar-refractivity contribution in [2.45, 2.75) is 19.8 Å². The maximum Gasteiger partial charge on any atom is 0.123 e. The minimum Gasteiger partial charge on any atom is -0.207 e. The van der Waals surface area contributed by atoms with E-state index in [0.29, 0.717) is 0 Å². The Morgan fingerprint density at radius 3 is 3.00 bits per heavy atom. The number of benzene rings is 1. The molecule has 1 aliphatic rings. The number of hydrogen-bond donors (Lipinski definition) is 0. The molecular weight excluding hydrogens is 151 g/mol. The summed E-state index contributed by atoms with van der Waals surface area (Å²) in [6.45, 7) is 2.13. The van der Waals surface area contributed by atoms with Crippen molar-refractivity contribution in [2.24, 2.45) is 0 Å². The average Bonchev–Trinajstić information content (AvgIpc) is 2.46. The molecule has 0 saturated heterocycles. The molecule has 1 heteroatoms. The van der Waals surface area contributed by atoms with Crippen LogP contribution in [-0.2, 0) is 6.42 Å². The monoisotopic (exact) mass is 162 g/mol. The van der Waals surface area contributed by atoms with E-state index >= 15 is 0 Å². The molecule has 0 aromatic heterocycles. The zero-order chi connectivity index (χ0) is 8.55. The van der Waals surface area contributed by atoms with Crippen molar-refractivity contribution in [3.63, 3.8) is 0 Å². The maximum atomic E-state index is 12.8. The van der Waals surface area contributed by atoms with Gasteiger partial charge in [-0.25, -0.2) is 4.39 Å². The third kappa shape index (κ3) is 1.15. The van der Waals surface area contributed by atoms with Crippen molar-refractivity contribution in [1.82, 2.24) is 0 Å².